The molecule has 0 aliphatic heterocycles. The van der Waals surface area contributed by atoms with Crippen molar-refractivity contribution in [2.24, 2.45) is 0 Å². The van der Waals surface area contributed by atoms with Gasteiger partial charge < -0.3 is 8.82 Å². The van der Waals surface area contributed by atoms with Crippen molar-refractivity contribution >= 4 is 91.6 Å². The van der Waals surface area contributed by atoms with Crippen LogP contribution in [0.25, 0.3) is 103 Å². The molecule has 0 aliphatic rings. The summed E-state index contributed by atoms with van der Waals surface area (Å²) >= 11 is 1.82. The van der Waals surface area contributed by atoms with E-state index in [1.165, 1.54) is 36.5 Å². The lowest BCUT2D eigenvalue weighted by Crippen LogP contribution is -1.95. The molecule has 5 heterocycles. The van der Waals surface area contributed by atoms with E-state index in [9.17, 15) is 0 Å². The van der Waals surface area contributed by atoms with Crippen LogP contribution in [0.1, 0.15) is 0 Å². The van der Waals surface area contributed by atoms with Crippen LogP contribution >= 0.6 is 11.3 Å². The normalized spacial score (nSPS) is 12.4. The van der Waals surface area contributed by atoms with E-state index < -0.39 is 0 Å². The van der Waals surface area contributed by atoms with Crippen molar-refractivity contribution in [3.8, 4) is 22.6 Å². The van der Waals surface area contributed by atoms with Crippen LogP contribution in [0.15, 0.2) is 126 Å². The molecule has 0 aliphatic carbocycles. The quantitative estimate of drug-likeness (QED) is 0.200. The molecule has 0 fully saturated rings. The topological polar surface area (TPSA) is 56.2 Å². The Bertz CT molecular complexity index is 3000. The lowest BCUT2D eigenvalue weighted by atomic mass is 10.0. The van der Waals surface area contributed by atoms with Gasteiger partial charge in [-0.3, -0.25) is 0 Å². The summed E-state index contributed by atoms with van der Waals surface area (Å²) in [7, 11) is 0. The number of para-hydroxylation sites is 2. The van der Waals surface area contributed by atoms with Crippen molar-refractivity contribution in [2.75, 3.05) is 0 Å². The molecule has 0 bridgehead atoms. The minimum Gasteiger partial charge on any atom is -0.443 e. The molecule has 208 valence electrons. The Kier molecular flexibility index (Phi) is 4.41. The molecule has 0 saturated carbocycles. The summed E-state index contributed by atoms with van der Waals surface area (Å²) in [5, 5.41) is 8.15. The summed E-state index contributed by atoms with van der Waals surface area (Å²) in [6.07, 6.45) is 1.54. The Morgan fingerprint density at radius 2 is 1.40 bits per heavy atom. The van der Waals surface area contributed by atoms with E-state index in [-0.39, 0.29) is 0 Å². The molecule has 0 amide bonds. The van der Waals surface area contributed by atoms with E-state index in [0.717, 1.165) is 60.6 Å². The van der Waals surface area contributed by atoms with Crippen molar-refractivity contribution in [3.05, 3.63) is 122 Å². The van der Waals surface area contributed by atoms with Crippen LogP contribution in [0.3, 0.4) is 0 Å². The summed E-state index contributed by atoms with van der Waals surface area (Å²) < 4.78 is 10.9. The van der Waals surface area contributed by atoms with Crippen molar-refractivity contribution in [2.45, 2.75) is 0 Å². The number of benzene rings is 6. The fourth-order valence-electron chi connectivity index (χ4n) is 7.36. The van der Waals surface area contributed by atoms with E-state index in [1.807, 2.05) is 17.4 Å². The fraction of sp³-hybridized carbons (Fsp3) is 0. The molecule has 11 aromatic rings. The highest BCUT2D eigenvalue weighted by atomic mass is 32.1. The highest BCUT2D eigenvalue weighted by Gasteiger charge is 2.23. The largest absolute Gasteiger partial charge is 0.443 e. The molecule has 0 unspecified atom stereocenters. The Hall–Kier alpha value is -5.85. The van der Waals surface area contributed by atoms with E-state index >= 15 is 0 Å². The first-order chi connectivity index (χ1) is 22.3. The van der Waals surface area contributed by atoms with Crippen LogP contribution in [-0.4, -0.2) is 19.4 Å². The number of rotatable bonds is 2. The number of nitrogens with zero attached hydrogens (tertiary/aromatic N) is 4. The van der Waals surface area contributed by atoms with Gasteiger partial charge in [-0.05, 0) is 42.5 Å². The summed E-state index contributed by atoms with van der Waals surface area (Å²) in [5.74, 6) is 0.701. The predicted octanol–water partition coefficient (Wildman–Crippen LogP) is 10.6. The van der Waals surface area contributed by atoms with Gasteiger partial charge in [-0.1, -0.05) is 72.8 Å². The zero-order valence-corrected chi connectivity index (χ0v) is 24.5. The maximum atomic E-state index is 6.03. The zero-order chi connectivity index (χ0) is 29.2. The smallest absolute Gasteiger partial charge is 0.182 e. The Morgan fingerprint density at radius 1 is 0.600 bits per heavy atom. The van der Waals surface area contributed by atoms with Gasteiger partial charge in [0.25, 0.3) is 0 Å². The van der Waals surface area contributed by atoms with Crippen molar-refractivity contribution in [3.63, 3.8) is 0 Å². The molecule has 11 rings (SSSR count). The molecule has 0 spiro atoms. The van der Waals surface area contributed by atoms with Gasteiger partial charge in [0, 0.05) is 52.8 Å². The number of thiophene rings is 1. The maximum Gasteiger partial charge on any atom is 0.182 e. The summed E-state index contributed by atoms with van der Waals surface area (Å²) in [5.41, 5.74) is 9.09. The summed E-state index contributed by atoms with van der Waals surface area (Å²) in [6, 6.07) is 40.8. The number of hydrogen-bond acceptors (Lipinski definition) is 5. The number of fused-ring (bicyclic) bond motifs is 12. The van der Waals surface area contributed by atoms with E-state index in [1.54, 1.807) is 6.39 Å². The van der Waals surface area contributed by atoms with Gasteiger partial charge in [-0.2, -0.15) is 0 Å². The van der Waals surface area contributed by atoms with Gasteiger partial charge in [0.05, 0.1) is 33.1 Å². The average Bonchev–Trinajstić information content (AvgIpc) is 3.86. The first-order valence-corrected chi connectivity index (χ1v) is 15.8. The second kappa shape index (κ2) is 8.40. The molecule has 0 saturated heterocycles. The minimum atomic E-state index is 0.701. The van der Waals surface area contributed by atoms with Gasteiger partial charge in [0.2, 0.25) is 0 Å². The van der Waals surface area contributed by atoms with Crippen molar-refractivity contribution in [1.29, 1.82) is 0 Å². The predicted molar refractivity (Wildman–Crippen MR) is 186 cm³/mol. The molecular weight excluding hydrogens is 573 g/mol. The second-order valence-corrected chi connectivity index (χ2v) is 12.7. The van der Waals surface area contributed by atoms with Gasteiger partial charge in [-0.15, -0.1) is 11.3 Å². The van der Waals surface area contributed by atoms with Gasteiger partial charge in [0.1, 0.15) is 5.52 Å². The number of aromatic nitrogens is 4. The van der Waals surface area contributed by atoms with Crippen LogP contribution in [0.4, 0.5) is 0 Å². The van der Waals surface area contributed by atoms with Crippen LogP contribution < -0.4 is 0 Å². The molecule has 0 radical (unpaired) electrons. The van der Waals surface area contributed by atoms with Gasteiger partial charge >= 0.3 is 0 Å². The SMILES string of the molecule is c1ccc2c(-c3cccc4c3sc3ccccc34)nc(-c3ccc4c(c3)c3c5ocnc5cc5c6ccccc6n4c53)nc2c1. The standard InChI is InChI=1S/C39H20N4OS/c1-4-13-29-25(10-1)35(26-12-7-11-24-23-9-3-6-15-33(23)45-38(24)26)42-39(41-29)21-16-17-32-28(18-21)34-36-27(19-30-37(34)44-20-40-30)22-8-2-5-14-31(22)43(32)36/h1-20H. The summed E-state index contributed by atoms with van der Waals surface area (Å²) in [6.45, 7) is 0. The van der Waals surface area contributed by atoms with E-state index in [0.29, 0.717) is 5.82 Å². The van der Waals surface area contributed by atoms with Gasteiger partial charge in [0.15, 0.2) is 17.8 Å². The number of oxazole rings is 1. The molecule has 6 aromatic carbocycles. The maximum absolute atomic E-state index is 6.03. The third kappa shape index (κ3) is 3.04. The summed E-state index contributed by atoms with van der Waals surface area (Å²) in [4.78, 5) is 15.0. The monoisotopic (exact) mass is 592 g/mol. The number of hydrogen-bond donors (Lipinski definition) is 0. The molecule has 5 aromatic heterocycles. The lowest BCUT2D eigenvalue weighted by Gasteiger charge is -2.10. The van der Waals surface area contributed by atoms with Crippen molar-refractivity contribution < 1.29 is 4.42 Å². The lowest BCUT2D eigenvalue weighted by molar-refractivity contribution is 0.605. The van der Waals surface area contributed by atoms with Crippen LogP contribution in [0.5, 0.6) is 0 Å². The van der Waals surface area contributed by atoms with Gasteiger partial charge in [-0.25, -0.2) is 15.0 Å². The Labute approximate surface area is 259 Å². The molecule has 6 heteroatoms. The van der Waals surface area contributed by atoms with E-state index in [4.69, 9.17) is 14.4 Å². The van der Waals surface area contributed by atoms with Crippen LogP contribution in [-0.2, 0) is 0 Å². The molecular formula is C39H20N4OS. The zero-order valence-electron chi connectivity index (χ0n) is 23.7. The first-order valence-electron chi connectivity index (χ1n) is 14.9. The molecule has 0 atom stereocenters. The third-order valence-electron chi connectivity index (χ3n) is 9.28. The molecule has 0 N–H and O–H groups in total. The highest BCUT2D eigenvalue weighted by molar-refractivity contribution is 7.26. The second-order valence-electron chi connectivity index (χ2n) is 11.6. The molecule has 5 nitrogen and oxygen atoms in total. The van der Waals surface area contributed by atoms with Crippen molar-refractivity contribution in [1.82, 2.24) is 19.4 Å². The van der Waals surface area contributed by atoms with E-state index in [2.05, 4.69) is 119 Å². The Morgan fingerprint density at radius 3 is 2.36 bits per heavy atom. The van der Waals surface area contributed by atoms with Crippen LogP contribution in [0, 0.1) is 0 Å². The third-order valence-corrected chi connectivity index (χ3v) is 10.5. The first kappa shape index (κ1) is 23.6. The molecule has 45 heavy (non-hydrogen) atoms. The average molecular weight is 593 g/mol. The van der Waals surface area contributed by atoms with Crippen LogP contribution in [0.2, 0.25) is 0 Å². The highest BCUT2D eigenvalue weighted by Crippen LogP contribution is 2.45. The minimum absolute atomic E-state index is 0.701. The Balaban J connectivity index is 1.22. The fourth-order valence-corrected chi connectivity index (χ4v) is 8.58.